The molecular formula is C23H29N5O4. The van der Waals surface area contributed by atoms with Crippen LogP contribution in [0.15, 0.2) is 22.7 Å². The van der Waals surface area contributed by atoms with E-state index < -0.39 is 5.54 Å². The van der Waals surface area contributed by atoms with Crippen molar-refractivity contribution in [3.8, 4) is 11.8 Å². The van der Waals surface area contributed by atoms with Gasteiger partial charge in [-0.15, -0.1) is 0 Å². The number of nitrogens with zero attached hydrogens (tertiary/aromatic N) is 3. The SMILES string of the molecule is CCOc1ccc(C#N)cc1NC(=O)CCc1nc(C2(NC(C)=O)CCCCCC2)no1. The second-order valence-corrected chi connectivity index (χ2v) is 7.99. The van der Waals surface area contributed by atoms with Crippen molar-refractivity contribution in [3.05, 3.63) is 35.5 Å². The molecule has 1 aliphatic carbocycles. The number of aromatic nitrogens is 2. The Balaban J connectivity index is 1.66. The molecule has 32 heavy (non-hydrogen) atoms. The number of nitrogens with one attached hydrogen (secondary N) is 2. The van der Waals surface area contributed by atoms with Crippen LogP contribution in [0.2, 0.25) is 0 Å². The van der Waals surface area contributed by atoms with Crippen molar-refractivity contribution in [3.63, 3.8) is 0 Å². The Hall–Kier alpha value is -3.41. The highest BCUT2D eigenvalue weighted by Crippen LogP contribution is 2.34. The summed E-state index contributed by atoms with van der Waals surface area (Å²) in [7, 11) is 0. The number of carbonyl (C=O) groups is 2. The van der Waals surface area contributed by atoms with Crippen molar-refractivity contribution < 1.29 is 18.8 Å². The standard InChI is InChI=1S/C23H29N5O4/c1-3-31-19-9-8-17(15-24)14-18(19)25-20(30)10-11-21-26-22(28-32-21)23(27-16(2)29)12-6-4-5-7-13-23/h8-9,14H,3-7,10-13H2,1-2H3,(H,25,30)(H,27,29). The number of ether oxygens (including phenoxy) is 1. The van der Waals surface area contributed by atoms with E-state index in [9.17, 15) is 9.59 Å². The summed E-state index contributed by atoms with van der Waals surface area (Å²) in [6, 6.07) is 6.93. The summed E-state index contributed by atoms with van der Waals surface area (Å²) in [6.45, 7) is 3.78. The molecule has 1 aliphatic rings. The van der Waals surface area contributed by atoms with Crippen LogP contribution in [0.25, 0.3) is 0 Å². The third-order valence-corrected chi connectivity index (χ3v) is 5.52. The van der Waals surface area contributed by atoms with Crippen LogP contribution in [-0.4, -0.2) is 28.6 Å². The molecule has 2 amide bonds. The Bertz CT molecular complexity index is 987. The summed E-state index contributed by atoms with van der Waals surface area (Å²) in [5.74, 6) is 0.949. The average Bonchev–Trinajstić information content (AvgIpc) is 3.13. The molecule has 170 valence electrons. The van der Waals surface area contributed by atoms with Crippen molar-refractivity contribution in [1.82, 2.24) is 15.5 Å². The molecule has 0 atom stereocenters. The number of rotatable bonds is 8. The van der Waals surface area contributed by atoms with Gasteiger partial charge in [-0.3, -0.25) is 9.59 Å². The second-order valence-electron chi connectivity index (χ2n) is 7.99. The van der Waals surface area contributed by atoms with Crippen molar-refractivity contribution in [1.29, 1.82) is 5.26 Å². The third kappa shape index (κ3) is 5.84. The molecule has 9 heteroatoms. The fourth-order valence-electron chi connectivity index (χ4n) is 4.04. The Labute approximate surface area is 187 Å². The Kier molecular flexibility index (Phi) is 7.82. The van der Waals surface area contributed by atoms with Crippen molar-refractivity contribution in [2.45, 2.75) is 70.8 Å². The van der Waals surface area contributed by atoms with Crippen LogP contribution in [0.1, 0.15) is 76.1 Å². The first-order valence-electron chi connectivity index (χ1n) is 11.0. The number of hydrogen-bond acceptors (Lipinski definition) is 7. The number of aryl methyl sites for hydroxylation is 1. The van der Waals surface area contributed by atoms with Crippen molar-refractivity contribution in [2.24, 2.45) is 0 Å². The highest BCUT2D eigenvalue weighted by molar-refractivity contribution is 5.92. The van der Waals surface area contributed by atoms with Gasteiger partial charge in [-0.25, -0.2) is 0 Å². The number of hydrogen-bond donors (Lipinski definition) is 2. The topological polar surface area (TPSA) is 130 Å². The molecule has 3 rings (SSSR count). The summed E-state index contributed by atoms with van der Waals surface area (Å²) < 4.78 is 10.9. The van der Waals surface area contributed by atoms with Gasteiger partial charge in [0.15, 0.2) is 5.82 Å². The highest BCUT2D eigenvalue weighted by atomic mass is 16.5. The normalized spacial score (nSPS) is 15.3. The molecule has 1 fully saturated rings. The molecule has 1 saturated carbocycles. The number of amides is 2. The van der Waals surface area contributed by atoms with E-state index in [2.05, 4.69) is 26.8 Å². The monoisotopic (exact) mass is 439 g/mol. The summed E-state index contributed by atoms with van der Waals surface area (Å²) >= 11 is 0. The zero-order valence-corrected chi connectivity index (χ0v) is 18.6. The molecule has 0 aliphatic heterocycles. The lowest BCUT2D eigenvalue weighted by atomic mass is 9.89. The number of anilines is 1. The molecule has 0 unspecified atom stereocenters. The van der Waals surface area contributed by atoms with Gasteiger partial charge in [0.25, 0.3) is 0 Å². The number of nitriles is 1. The quantitative estimate of drug-likeness (QED) is 0.601. The molecule has 1 aromatic carbocycles. The number of benzene rings is 1. The van der Waals surface area contributed by atoms with Crippen LogP contribution in [-0.2, 0) is 21.5 Å². The van der Waals surface area contributed by atoms with E-state index in [1.54, 1.807) is 18.2 Å². The highest BCUT2D eigenvalue weighted by Gasteiger charge is 2.38. The minimum Gasteiger partial charge on any atom is -0.492 e. The lowest BCUT2D eigenvalue weighted by Crippen LogP contribution is -2.45. The smallest absolute Gasteiger partial charge is 0.227 e. The predicted molar refractivity (Wildman–Crippen MR) is 117 cm³/mol. The molecule has 0 radical (unpaired) electrons. The van der Waals surface area contributed by atoms with E-state index in [1.807, 2.05) is 6.92 Å². The van der Waals surface area contributed by atoms with Gasteiger partial charge in [0.05, 0.1) is 23.9 Å². The van der Waals surface area contributed by atoms with Gasteiger partial charge in [-0.05, 0) is 38.0 Å². The average molecular weight is 440 g/mol. The molecule has 1 aromatic heterocycles. The van der Waals surface area contributed by atoms with E-state index in [1.165, 1.54) is 6.92 Å². The molecule has 2 N–H and O–H groups in total. The Morgan fingerprint density at radius 2 is 2.00 bits per heavy atom. The van der Waals surface area contributed by atoms with Crippen molar-refractivity contribution >= 4 is 17.5 Å². The molecule has 9 nitrogen and oxygen atoms in total. The molecule has 0 saturated heterocycles. The van der Waals surface area contributed by atoms with Gasteiger partial charge in [0.2, 0.25) is 17.7 Å². The minimum absolute atomic E-state index is 0.122. The summed E-state index contributed by atoms with van der Waals surface area (Å²) in [5.41, 5.74) is 0.262. The van der Waals surface area contributed by atoms with Gasteiger partial charge < -0.3 is 19.9 Å². The van der Waals surface area contributed by atoms with Crippen LogP contribution >= 0.6 is 0 Å². The predicted octanol–water partition coefficient (Wildman–Crippen LogP) is 3.60. The lowest BCUT2D eigenvalue weighted by molar-refractivity contribution is -0.121. The van der Waals surface area contributed by atoms with E-state index in [0.717, 1.165) is 38.5 Å². The second kappa shape index (κ2) is 10.8. The van der Waals surface area contributed by atoms with Gasteiger partial charge >= 0.3 is 0 Å². The first-order chi connectivity index (χ1) is 15.5. The Morgan fingerprint density at radius 1 is 1.25 bits per heavy atom. The molecular weight excluding hydrogens is 410 g/mol. The van der Waals surface area contributed by atoms with Gasteiger partial charge in [0, 0.05) is 19.8 Å². The van der Waals surface area contributed by atoms with Gasteiger partial charge in [-0.2, -0.15) is 10.2 Å². The van der Waals surface area contributed by atoms with E-state index in [0.29, 0.717) is 35.3 Å². The fraction of sp³-hybridized carbons (Fsp3) is 0.522. The van der Waals surface area contributed by atoms with E-state index >= 15 is 0 Å². The number of carbonyl (C=O) groups excluding carboxylic acids is 2. The maximum Gasteiger partial charge on any atom is 0.227 e. The minimum atomic E-state index is -0.615. The maximum atomic E-state index is 12.5. The summed E-state index contributed by atoms with van der Waals surface area (Å²) in [5, 5.41) is 19.1. The molecule has 0 spiro atoms. The van der Waals surface area contributed by atoms with Crippen LogP contribution in [0, 0.1) is 11.3 Å². The molecule has 0 bridgehead atoms. The summed E-state index contributed by atoms with van der Waals surface area (Å²) in [6.07, 6.45) is 6.11. The van der Waals surface area contributed by atoms with Crippen LogP contribution < -0.4 is 15.4 Å². The summed E-state index contributed by atoms with van der Waals surface area (Å²) in [4.78, 5) is 28.9. The largest absolute Gasteiger partial charge is 0.492 e. The zero-order chi connectivity index (χ0) is 23.0. The first kappa shape index (κ1) is 23.3. The zero-order valence-electron chi connectivity index (χ0n) is 18.6. The van der Waals surface area contributed by atoms with Gasteiger partial charge in [0.1, 0.15) is 11.3 Å². The van der Waals surface area contributed by atoms with Gasteiger partial charge in [-0.1, -0.05) is 30.8 Å². The third-order valence-electron chi connectivity index (χ3n) is 5.52. The van der Waals surface area contributed by atoms with E-state index in [4.69, 9.17) is 14.5 Å². The lowest BCUT2D eigenvalue weighted by Gasteiger charge is -2.30. The van der Waals surface area contributed by atoms with Crippen LogP contribution in [0.3, 0.4) is 0 Å². The van der Waals surface area contributed by atoms with Crippen LogP contribution in [0.4, 0.5) is 5.69 Å². The van der Waals surface area contributed by atoms with Crippen LogP contribution in [0.5, 0.6) is 5.75 Å². The van der Waals surface area contributed by atoms with E-state index in [-0.39, 0.29) is 24.7 Å². The van der Waals surface area contributed by atoms with Crippen molar-refractivity contribution in [2.75, 3.05) is 11.9 Å². The fourth-order valence-corrected chi connectivity index (χ4v) is 4.04. The molecule has 2 aromatic rings. The molecule has 1 heterocycles. The maximum absolute atomic E-state index is 12.5. The first-order valence-corrected chi connectivity index (χ1v) is 11.0. The Morgan fingerprint density at radius 3 is 2.66 bits per heavy atom.